The van der Waals surface area contributed by atoms with E-state index in [4.69, 9.17) is 9.47 Å². The number of likely N-dealkylation sites (tertiary alicyclic amines) is 1. The number of nitro groups is 1. The Kier molecular flexibility index (Phi) is 7.66. The Bertz CT molecular complexity index is 1190. The molecule has 2 fully saturated rings. The molecule has 1 amide bonds. The summed E-state index contributed by atoms with van der Waals surface area (Å²) in [5, 5.41) is 22.4. The number of methoxy groups -OCH3 is 1. The van der Waals surface area contributed by atoms with Gasteiger partial charge in [0, 0.05) is 43.9 Å². The number of rotatable bonds is 8. The number of aliphatic hydroxyl groups is 1. The second-order valence-corrected chi connectivity index (χ2v) is 8.83. The first-order valence-corrected chi connectivity index (χ1v) is 11.8. The van der Waals surface area contributed by atoms with Crippen LogP contribution in [0.3, 0.4) is 0 Å². The third kappa shape index (κ3) is 5.09. The maximum absolute atomic E-state index is 13.2. The van der Waals surface area contributed by atoms with Gasteiger partial charge in [0.05, 0.1) is 36.9 Å². The van der Waals surface area contributed by atoms with Crippen LogP contribution in [0.1, 0.15) is 29.2 Å². The number of carbonyl (C=O) groups excluding carboxylic acids is 2. The summed E-state index contributed by atoms with van der Waals surface area (Å²) in [5.74, 6) is -1.15. The average Bonchev–Trinajstić information content (AvgIpc) is 3.14. The van der Waals surface area contributed by atoms with Crippen LogP contribution < -0.4 is 4.74 Å². The molecule has 0 unspecified atom stereocenters. The standard InChI is InChI=1S/C26H29N3O7/c1-17-16-19(6-9-21(17)35-2)24(30)22-23(18-4-7-20(8-5-18)29(33)34)28(26(32)25(22)31)11-3-10-27-12-14-36-15-13-27/h4-9,16,23,30H,3,10-15H2,1-2H3/b24-22+/t23-/m1/s1. The normalized spacial score (nSPS) is 20.1. The molecular weight excluding hydrogens is 466 g/mol. The van der Waals surface area contributed by atoms with E-state index < -0.39 is 22.7 Å². The molecule has 0 saturated carbocycles. The van der Waals surface area contributed by atoms with Gasteiger partial charge >= 0.3 is 0 Å². The summed E-state index contributed by atoms with van der Waals surface area (Å²) < 4.78 is 10.7. The van der Waals surface area contributed by atoms with Crippen LogP contribution >= 0.6 is 0 Å². The van der Waals surface area contributed by atoms with Crippen LogP contribution in [0.25, 0.3) is 5.76 Å². The van der Waals surface area contributed by atoms with E-state index >= 15 is 0 Å². The molecule has 1 N–H and O–H groups in total. The molecule has 2 aliphatic heterocycles. The molecule has 2 aromatic rings. The second-order valence-electron chi connectivity index (χ2n) is 8.83. The highest BCUT2D eigenvalue weighted by Crippen LogP contribution is 2.40. The Labute approximate surface area is 208 Å². The average molecular weight is 496 g/mol. The van der Waals surface area contributed by atoms with Crippen LogP contribution in [0, 0.1) is 17.0 Å². The van der Waals surface area contributed by atoms with Crippen LogP contribution in [-0.2, 0) is 14.3 Å². The molecule has 2 aliphatic rings. The van der Waals surface area contributed by atoms with Crippen molar-refractivity contribution in [3.05, 3.63) is 74.8 Å². The van der Waals surface area contributed by atoms with Crippen LogP contribution in [-0.4, -0.2) is 78.0 Å². The number of hydrogen-bond acceptors (Lipinski definition) is 8. The third-order valence-electron chi connectivity index (χ3n) is 6.60. The maximum atomic E-state index is 13.2. The molecule has 0 radical (unpaired) electrons. The van der Waals surface area contributed by atoms with Gasteiger partial charge in [-0.3, -0.25) is 24.6 Å². The number of amides is 1. The minimum absolute atomic E-state index is 0.0372. The zero-order valence-electron chi connectivity index (χ0n) is 20.3. The summed E-state index contributed by atoms with van der Waals surface area (Å²) in [6.45, 7) is 5.78. The molecule has 190 valence electrons. The number of ketones is 1. The Morgan fingerprint density at radius 2 is 1.83 bits per heavy atom. The molecule has 4 rings (SSSR count). The van der Waals surface area contributed by atoms with Crippen molar-refractivity contribution >= 4 is 23.1 Å². The summed E-state index contributed by atoms with van der Waals surface area (Å²) in [4.78, 5) is 40.6. The summed E-state index contributed by atoms with van der Waals surface area (Å²) in [6.07, 6.45) is 0.623. The molecule has 0 aliphatic carbocycles. The summed E-state index contributed by atoms with van der Waals surface area (Å²) in [6, 6.07) is 9.85. The molecule has 2 saturated heterocycles. The second kappa shape index (κ2) is 10.9. The lowest BCUT2D eigenvalue weighted by atomic mass is 9.94. The van der Waals surface area contributed by atoms with E-state index in [-0.39, 0.29) is 17.0 Å². The van der Waals surface area contributed by atoms with Crippen LogP contribution in [0.5, 0.6) is 5.75 Å². The van der Waals surface area contributed by atoms with Gasteiger partial charge in [-0.05, 0) is 54.8 Å². The number of aliphatic hydroxyl groups excluding tert-OH is 1. The van der Waals surface area contributed by atoms with Gasteiger partial charge in [0.15, 0.2) is 0 Å². The molecular formula is C26H29N3O7. The summed E-state index contributed by atoms with van der Waals surface area (Å²) >= 11 is 0. The molecule has 10 nitrogen and oxygen atoms in total. The van der Waals surface area contributed by atoms with Gasteiger partial charge in [0.1, 0.15) is 11.5 Å². The predicted octanol–water partition coefficient (Wildman–Crippen LogP) is 3.06. The van der Waals surface area contributed by atoms with Crippen molar-refractivity contribution in [2.24, 2.45) is 0 Å². The van der Waals surface area contributed by atoms with Crippen molar-refractivity contribution in [2.45, 2.75) is 19.4 Å². The van der Waals surface area contributed by atoms with Crippen LogP contribution in [0.15, 0.2) is 48.0 Å². The number of aryl methyl sites for hydroxylation is 1. The van der Waals surface area contributed by atoms with Gasteiger partial charge in [0.2, 0.25) is 0 Å². The topological polar surface area (TPSA) is 122 Å². The monoisotopic (exact) mass is 495 g/mol. The van der Waals surface area contributed by atoms with E-state index in [1.165, 1.54) is 29.2 Å². The number of Topliss-reactive ketones (excluding diaryl/α,β-unsaturated/α-hetero) is 1. The molecule has 1 atom stereocenters. The van der Waals surface area contributed by atoms with Crippen molar-refractivity contribution in [3.63, 3.8) is 0 Å². The van der Waals surface area contributed by atoms with Gasteiger partial charge in [-0.15, -0.1) is 0 Å². The lowest BCUT2D eigenvalue weighted by Gasteiger charge is -2.29. The van der Waals surface area contributed by atoms with E-state index in [2.05, 4.69) is 4.90 Å². The molecule has 2 heterocycles. The number of nitrogens with zero attached hydrogens (tertiary/aromatic N) is 3. The maximum Gasteiger partial charge on any atom is 0.295 e. The van der Waals surface area contributed by atoms with Gasteiger partial charge in [-0.25, -0.2) is 0 Å². The van der Waals surface area contributed by atoms with Crippen molar-refractivity contribution in [1.82, 2.24) is 9.80 Å². The highest BCUT2D eigenvalue weighted by Gasteiger charge is 2.46. The predicted molar refractivity (Wildman–Crippen MR) is 132 cm³/mol. The van der Waals surface area contributed by atoms with Crippen molar-refractivity contribution in [2.75, 3.05) is 46.5 Å². The van der Waals surface area contributed by atoms with Crippen molar-refractivity contribution < 1.29 is 29.1 Å². The number of nitro benzene ring substituents is 1. The molecule has 10 heteroatoms. The third-order valence-corrected chi connectivity index (χ3v) is 6.60. The van der Waals surface area contributed by atoms with Gasteiger partial charge in [0.25, 0.3) is 17.4 Å². The Balaban J connectivity index is 1.70. The Morgan fingerprint density at radius 3 is 2.44 bits per heavy atom. The molecule has 0 aromatic heterocycles. The molecule has 0 spiro atoms. The van der Waals surface area contributed by atoms with E-state index in [0.29, 0.717) is 43.1 Å². The lowest BCUT2D eigenvalue weighted by Crippen LogP contribution is -2.38. The molecule has 36 heavy (non-hydrogen) atoms. The molecule has 2 aromatic carbocycles. The fourth-order valence-electron chi connectivity index (χ4n) is 4.71. The van der Waals surface area contributed by atoms with Gasteiger partial charge < -0.3 is 19.5 Å². The minimum Gasteiger partial charge on any atom is -0.507 e. The van der Waals surface area contributed by atoms with E-state index in [9.17, 15) is 24.8 Å². The Morgan fingerprint density at radius 1 is 1.14 bits per heavy atom. The first kappa shape index (κ1) is 25.3. The largest absolute Gasteiger partial charge is 0.507 e. The number of hydrogen-bond donors (Lipinski definition) is 1. The van der Waals surface area contributed by atoms with Crippen molar-refractivity contribution in [1.29, 1.82) is 0 Å². The van der Waals surface area contributed by atoms with Crippen LogP contribution in [0.2, 0.25) is 0 Å². The fraction of sp³-hybridized carbons (Fsp3) is 0.385. The smallest absolute Gasteiger partial charge is 0.295 e. The molecule has 0 bridgehead atoms. The first-order chi connectivity index (χ1) is 17.3. The summed E-state index contributed by atoms with van der Waals surface area (Å²) in [7, 11) is 1.54. The van der Waals surface area contributed by atoms with Crippen molar-refractivity contribution in [3.8, 4) is 5.75 Å². The quantitative estimate of drug-likeness (QED) is 0.195. The SMILES string of the molecule is COc1ccc(/C(O)=C2\C(=O)C(=O)N(CCCN3CCOCC3)[C@@H]2c2ccc([N+](=O)[O-])cc2)cc1C. The van der Waals surface area contributed by atoms with Gasteiger partial charge in [-0.1, -0.05) is 0 Å². The summed E-state index contributed by atoms with van der Waals surface area (Å²) in [5.41, 5.74) is 1.51. The first-order valence-electron chi connectivity index (χ1n) is 11.8. The zero-order valence-corrected chi connectivity index (χ0v) is 20.3. The van der Waals surface area contributed by atoms with E-state index in [0.717, 1.165) is 25.2 Å². The number of morpholine rings is 1. The zero-order chi connectivity index (χ0) is 25.8. The number of benzene rings is 2. The highest BCUT2D eigenvalue weighted by atomic mass is 16.6. The number of non-ortho nitro benzene ring substituents is 1. The van der Waals surface area contributed by atoms with E-state index in [1.807, 2.05) is 6.92 Å². The highest BCUT2D eigenvalue weighted by molar-refractivity contribution is 6.46. The lowest BCUT2D eigenvalue weighted by molar-refractivity contribution is -0.384. The van der Waals surface area contributed by atoms with E-state index in [1.54, 1.807) is 25.3 Å². The van der Waals surface area contributed by atoms with Gasteiger partial charge in [-0.2, -0.15) is 0 Å². The van der Waals surface area contributed by atoms with Crippen LogP contribution in [0.4, 0.5) is 5.69 Å². The minimum atomic E-state index is -0.863. The number of ether oxygens (including phenoxy) is 2. The Hall–Kier alpha value is -3.76. The fourth-order valence-corrected chi connectivity index (χ4v) is 4.71. The number of carbonyl (C=O) groups is 2.